The molecule has 1 amide bonds. The normalized spacial score (nSPS) is 12.2. The zero-order chi connectivity index (χ0) is 16.8. The predicted molar refractivity (Wildman–Crippen MR) is 94.1 cm³/mol. The van der Waals surface area contributed by atoms with Crippen molar-refractivity contribution >= 4 is 21.8 Å². The number of hydrogen-bond acceptors (Lipinski definition) is 2. The Bertz CT molecular complexity index is 661. The van der Waals surface area contributed by atoms with Crippen LogP contribution in [0.4, 0.5) is 4.39 Å². The summed E-state index contributed by atoms with van der Waals surface area (Å²) in [7, 11) is 3.99. The van der Waals surface area contributed by atoms with Crippen LogP contribution in [0, 0.1) is 5.82 Å². The molecular formula is C18H20BrFN2O. The van der Waals surface area contributed by atoms with Gasteiger partial charge in [-0.25, -0.2) is 4.39 Å². The van der Waals surface area contributed by atoms with Crippen LogP contribution >= 0.6 is 15.9 Å². The van der Waals surface area contributed by atoms with Gasteiger partial charge < -0.3 is 10.2 Å². The maximum absolute atomic E-state index is 13.1. The van der Waals surface area contributed by atoms with Gasteiger partial charge in [-0.2, -0.15) is 0 Å². The summed E-state index contributed by atoms with van der Waals surface area (Å²) < 4.78 is 13.6. The highest BCUT2D eigenvalue weighted by molar-refractivity contribution is 9.10. The van der Waals surface area contributed by atoms with E-state index in [0.717, 1.165) is 6.42 Å². The summed E-state index contributed by atoms with van der Waals surface area (Å²) >= 11 is 3.23. The van der Waals surface area contributed by atoms with Crippen molar-refractivity contribution in [3.63, 3.8) is 0 Å². The third kappa shape index (κ3) is 5.15. The number of halogens is 2. The van der Waals surface area contributed by atoms with Crippen LogP contribution in [0.3, 0.4) is 0 Å². The Hall–Kier alpha value is -1.72. The topological polar surface area (TPSA) is 32.3 Å². The van der Waals surface area contributed by atoms with Crippen molar-refractivity contribution in [2.45, 2.75) is 12.5 Å². The Labute approximate surface area is 144 Å². The molecule has 0 bridgehead atoms. The van der Waals surface area contributed by atoms with Gasteiger partial charge in [0, 0.05) is 17.1 Å². The van der Waals surface area contributed by atoms with Gasteiger partial charge in [0.05, 0.1) is 5.56 Å². The van der Waals surface area contributed by atoms with Crippen molar-refractivity contribution in [2.75, 3.05) is 20.6 Å². The van der Waals surface area contributed by atoms with Gasteiger partial charge in [0.1, 0.15) is 5.82 Å². The fraction of sp³-hybridized carbons (Fsp3) is 0.278. The molecule has 0 saturated heterocycles. The lowest BCUT2D eigenvalue weighted by Gasteiger charge is -2.25. The first-order chi connectivity index (χ1) is 11.0. The summed E-state index contributed by atoms with van der Waals surface area (Å²) in [6.07, 6.45) is 0.846. The average molecular weight is 379 g/mol. The van der Waals surface area contributed by atoms with Crippen LogP contribution in [0.25, 0.3) is 0 Å². The molecule has 1 N–H and O–H groups in total. The Balaban J connectivity index is 1.99. The summed E-state index contributed by atoms with van der Waals surface area (Å²) in [5.41, 5.74) is 1.66. The number of rotatable bonds is 6. The van der Waals surface area contributed by atoms with Crippen molar-refractivity contribution in [3.05, 3.63) is 69.9 Å². The van der Waals surface area contributed by atoms with E-state index in [9.17, 15) is 9.18 Å². The van der Waals surface area contributed by atoms with E-state index in [0.29, 0.717) is 16.6 Å². The van der Waals surface area contributed by atoms with E-state index in [1.165, 1.54) is 23.8 Å². The molecule has 2 aromatic carbocycles. The number of nitrogens with zero attached hydrogens (tertiary/aromatic N) is 1. The zero-order valence-electron chi connectivity index (χ0n) is 13.2. The lowest BCUT2D eigenvalue weighted by atomic mass is 10.0. The van der Waals surface area contributed by atoms with Gasteiger partial charge in [-0.1, -0.05) is 30.3 Å². The minimum atomic E-state index is -0.372. The van der Waals surface area contributed by atoms with Gasteiger partial charge >= 0.3 is 0 Å². The first kappa shape index (κ1) is 17.6. The van der Waals surface area contributed by atoms with Gasteiger partial charge in [-0.15, -0.1) is 0 Å². The maximum Gasteiger partial charge on any atom is 0.252 e. The van der Waals surface area contributed by atoms with Gasteiger partial charge in [0.15, 0.2) is 0 Å². The van der Waals surface area contributed by atoms with Crippen LogP contribution in [-0.4, -0.2) is 37.5 Å². The van der Waals surface area contributed by atoms with Gasteiger partial charge in [-0.05, 0) is 60.2 Å². The van der Waals surface area contributed by atoms with E-state index in [1.807, 2.05) is 32.3 Å². The lowest BCUT2D eigenvalue weighted by molar-refractivity contribution is 0.0941. The van der Waals surface area contributed by atoms with Gasteiger partial charge in [-0.3, -0.25) is 4.79 Å². The minimum Gasteiger partial charge on any atom is -0.350 e. The lowest BCUT2D eigenvalue weighted by Crippen LogP contribution is -2.41. The van der Waals surface area contributed by atoms with Crippen LogP contribution in [0.5, 0.6) is 0 Å². The molecule has 3 nitrogen and oxygen atoms in total. The highest BCUT2D eigenvalue weighted by Crippen LogP contribution is 2.18. The highest BCUT2D eigenvalue weighted by Gasteiger charge is 2.16. The summed E-state index contributed by atoms with van der Waals surface area (Å²) in [6.45, 7) is 0.518. The van der Waals surface area contributed by atoms with Gasteiger partial charge in [0.2, 0.25) is 0 Å². The van der Waals surface area contributed by atoms with Crippen molar-refractivity contribution in [3.8, 4) is 0 Å². The summed E-state index contributed by atoms with van der Waals surface area (Å²) in [5.74, 6) is -0.583. The molecule has 0 aromatic heterocycles. The third-order valence-corrected chi connectivity index (χ3v) is 4.37. The molecule has 0 fully saturated rings. The molecule has 23 heavy (non-hydrogen) atoms. The molecule has 2 rings (SSSR count). The second kappa shape index (κ2) is 8.22. The SMILES string of the molecule is CN(C)[C@@H](CNC(=O)c1ccc(F)cc1Br)Cc1ccccc1. The highest BCUT2D eigenvalue weighted by atomic mass is 79.9. The monoisotopic (exact) mass is 378 g/mol. The molecule has 2 aromatic rings. The van der Waals surface area contributed by atoms with Gasteiger partial charge in [0.25, 0.3) is 5.91 Å². The smallest absolute Gasteiger partial charge is 0.252 e. The van der Waals surface area contributed by atoms with Crippen molar-refractivity contribution < 1.29 is 9.18 Å². The minimum absolute atomic E-state index is 0.181. The Morgan fingerprint density at radius 2 is 1.91 bits per heavy atom. The third-order valence-electron chi connectivity index (χ3n) is 3.72. The largest absolute Gasteiger partial charge is 0.350 e. The van der Waals surface area contributed by atoms with E-state index >= 15 is 0 Å². The van der Waals surface area contributed by atoms with Crippen LogP contribution in [0.1, 0.15) is 15.9 Å². The number of hydrogen-bond donors (Lipinski definition) is 1. The molecule has 0 spiro atoms. The summed E-state index contributed by atoms with van der Waals surface area (Å²) in [5, 5.41) is 2.93. The molecule has 0 aliphatic rings. The molecule has 5 heteroatoms. The number of likely N-dealkylation sites (N-methyl/N-ethyl adjacent to an activating group) is 1. The molecular weight excluding hydrogens is 359 g/mol. The van der Waals surface area contributed by atoms with Crippen LogP contribution < -0.4 is 5.32 Å². The van der Waals surface area contributed by atoms with Crippen molar-refractivity contribution in [1.29, 1.82) is 0 Å². The Kier molecular flexibility index (Phi) is 6.30. The fourth-order valence-electron chi connectivity index (χ4n) is 2.30. The number of nitrogens with one attached hydrogen (secondary N) is 1. The zero-order valence-corrected chi connectivity index (χ0v) is 14.8. The Morgan fingerprint density at radius 3 is 2.52 bits per heavy atom. The molecule has 0 aliphatic carbocycles. The first-order valence-corrected chi connectivity index (χ1v) is 8.20. The molecule has 122 valence electrons. The maximum atomic E-state index is 13.1. The fourth-order valence-corrected chi connectivity index (χ4v) is 2.83. The second-order valence-corrected chi connectivity index (χ2v) is 6.50. The van der Waals surface area contributed by atoms with E-state index in [-0.39, 0.29) is 17.8 Å². The first-order valence-electron chi connectivity index (χ1n) is 7.41. The van der Waals surface area contributed by atoms with E-state index in [2.05, 4.69) is 38.3 Å². The predicted octanol–water partition coefficient (Wildman–Crippen LogP) is 3.49. The van der Waals surface area contributed by atoms with E-state index in [4.69, 9.17) is 0 Å². The van der Waals surface area contributed by atoms with Crippen LogP contribution in [0.2, 0.25) is 0 Å². The van der Waals surface area contributed by atoms with Crippen molar-refractivity contribution in [2.24, 2.45) is 0 Å². The van der Waals surface area contributed by atoms with Crippen LogP contribution in [0.15, 0.2) is 53.0 Å². The Morgan fingerprint density at radius 1 is 1.22 bits per heavy atom. The van der Waals surface area contributed by atoms with E-state index in [1.54, 1.807) is 0 Å². The number of benzene rings is 2. The van der Waals surface area contributed by atoms with Crippen molar-refractivity contribution in [1.82, 2.24) is 10.2 Å². The molecule has 0 radical (unpaired) electrons. The standard InChI is InChI=1S/C18H20BrFN2O/c1-22(2)15(10-13-6-4-3-5-7-13)12-21-18(23)16-9-8-14(20)11-17(16)19/h3-9,11,15H,10,12H2,1-2H3,(H,21,23)/t15-/m1/s1. The molecule has 0 aliphatic heterocycles. The second-order valence-electron chi connectivity index (χ2n) is 5.64. The quantitative estimate of drug-likeness (QED) is 0.834. The molecule has 1 atom stereocenters. The summed E-state index contributed by atoms with van der Waals surface area (Å²) in [4.78, 5) is 14.4. The molecule has 0 unspecified atom stereocenters. The molecule has 0 saturated carbocycles. The molecule has 0 heterocycles. The summed E-state index contributed by atoms with van der Waals surface area (Å²) in [6, 6.07) is 14.4. The number of amides is 1. The van der Waals surface area contributed by atoms with E-state index < -0.39 is 0 Å². The average Bonchev–Trinajstić information content (AvgIpc) is 2.51. The number of carbonyl (C=O) groups excluding carboxylic acids is 1. The number of carbonyl (C=O) groups is 1. The van der Waals surface area contributed by atoms with Crippen LogP contribution in [-0.2, 0) is 6.42 Å².